The second-order valence-corrected chi connectivity index (χ2v) is 7.17. The number of carbonyl (C=O) groups excluding carboxylic acids is 2. The average Bonchev–Trinajstić information content (AvgIpc) is 2.67. The molecule has 0 radical (unpaired) electrons. The van der Waals surface area contributed by atoms with E-state index in [1.807, 2.05) is 17.9 Å². The maximum atomic E-state index is 12.9. The number of hydrogen-bond acceptors (Lipinski definition) is 5. The Kier molecular flexibility index (Phi) is 5.63. The number of amides is 2. The van der Waals surface area contributed by atoms with Gasteiger partial charge in [0.05, 0.1) is 12.0 Å². The SMILES string of the molecule is C[C@H](C(=O)N1CCC[C@H](C(N)=O)C1)N1CCC[C@@H](c2ccncn2)C1. The first-order valence-electron chi connectivity index (χ1n) is 9.14. The van der Waals surface area contributed by atoms with Gasteiger partial charge in [0.1, 0.15) is 6.33 Å². The standard InChI is InChI=1S/C18H27N5O2/c1-13(18(25)23-9-3-5-15(11-23)17(19)24)22-8-2-4-14(10-22)16-6-7-20-12-21-16/h6-7,12-15H,2-5,8-11H2,1H3,(H2,19,24)/t13-,14-,15+/m1/s1. The predicted molar refractivity (Wildman–Crippen MR) is 93.5 cm³/mol. The number of rotatable bonds is 4. The molecule has 2 aliphatic rings. The molecule has 0 unspecified atom stereocenters. The van der Waals surface area contributed by atoms with Crippen LogP contribution in [0, 0.1) is 5.92 Å². The van der Waals surface area contributed by atoms with Gasteiger partial charge in [-0.1, -0.05) is 0 Å². The van der Waals surface area contributed by atoms with E-state index in [9.17, 15) is 9.59 Å². The fraction of sp³-hybridized carbons (Fsp3) is 0.667. The second kappa shape index (κ2) is 7.91. The lowest BCUT2D eigenvalue weighted by Crippen LogP contribution is -2.53. The van der Waals surface area contributed by atoms with E-state index in [0.29, 0.717) is 12.5 Å². The molecule has 25 heavy (non-hydrogen) atoms. The molecular weight excluding hydrogens is 318 g/mol. The third kappa shape index (κ3) is 4.15. The predicted octanol–water partition coefficient (Wildman–Crippen LogP) is 0.768. The van der Waals surface area contributed by atoms with Crippen LogP contribution in [0.1, 0.15) is 44.2 Å². The fourth-order valence-electron chi connectivity index (χ4n) is 3.97. The molecule has 0 bridgehead atoms. The number of aromatic nitrogens is 2. The molecule has 0 aromatic carbocycles. The van der Waals surface area contributed by atoms with Crippen LogP contribution in [0.3, 0.4) is 0 Å². The number of carbonyl (C=O) groups is 2. The molecular formula is C18H27N5O2. The lowest BCUT2D eigenvalue weighted by atomic mass is 9.93. The number of nitrogens with two attached hydrogens (primary N) is 1. The van der Waals surface area contributed by atoms with Crippen LogP contribution >= 0.6 is 0 Å². The van der Waals surface area contributed by atoms with Gasteiger partial charge in [-0.25, -0.2) is 9.97 Å². The number of primary amides is 1. The molecule has 3 atom stereocenters. The molecule has 2 aliphatic heterocycles. The topological polar surface area (TPSA) is 92.4 Å². The Morgan fingerprint density at radius 1 is 1.24 bits per heavy atom. The highest BCUT2D eigenvalue weighted by Gasteiger charge is 2.33. The maximum absolute atomic E-state index is 12.9. The van der Waals surface area contributed by atoms with Gasteiger partial charge in [-0.15, -0.1) is 0 Å². The van der Waals surface area contributed by atoms with Crippen molar-refractivity contribution in [2.75, 3.05) is 26.2 Å². The van der Waals surface area contributed by atoms with Crippen LogP contribution in [-0.4, -0.2) is 63.8 Å². The number of hydrogen-bond donors (Lipinski definition) is 1. The summed E-state index contributed by atoms with van der Waals surface area (Å²) in [6.07, 6.45) is 7.12. The summed E-state index contributed by atoms with van der Waals surface area (Å²) in [7, 11) is 0. The molecule has 0 aliphatic carbocycles. The van der Waals surface area contributed by atoms with Gasteiger partial charge in [0.2, 0.25) is 11.8 Å². The zero-order valence-corrected chi connectivity index (χ0v) is 14.8. The number of likely N-dealkylation sites (tertiary alicyclic amines) is 2. The van der Waals surface area contributed by atoms with Crippen molar-refractivity contribution in [3.63, 3.8) is 0 Å². The minimum Gasteiger partial charge on any atom is -0.369 e. The summed E-state index contributed by atoms with van der Waals surface area (Å²) in [5.74, 6) is -0.0621. The molecule has 3 heterocycles. The van der Waals surface area contributed by atoms with Gasteiger partial charge in [-0.05, 0) is 45.2 Å². The molecule has 2 amide bonds. The van der Waals surface area contributed by atoms with Crippen molar-refractivity contribution in [3.05, 3.63) is 24.3 Å². The quantitative estimate of drug-likeness (QED) is 0.870. The van der Waals surface area contributed by atoms with Crippen LogP contribution < -0.4 is 5.73 Å². The first-order chi connectivity index (χ1) is 12.1. The van der Waals surface area contributed by atoms with E-state index in [4.69, 9.17) is 5.73 Å². The van der Waals surface area contributed by atoms with E-state index >= 15 is 0 Å². The Morgan fingerprint density at radius 2 is 2.04 bits per heavy atom. The molecule has 1 aromatic rings. The Bertz CT molecular complexity index is 609. The molecule has 136 valence electrons. The first kappa shape index (κ1) is 17.8. The van der Waals surface area contributed by atoms with E-state index in [-0.39, 0.29) is 23.8 Å². The Labute approximate surface area is 148 Å². The third-order valence-corrected chi connectivity index (χ3v) is 5.52. The van der Waals surface area contributed by atoms with Crippen LogP contribution in [0.15, 0.2) is 18.6 Å². The van der Waals surface area contributed by atoms with Crippen molar-refractivity contribution in [2.45, 2.75) is 44.6 Å². The first-order valence-corrected chi connectivity index (χ1v) is 9.14. The molecule has 7 heteroatoms. The van der Waals surface area contributed by atoms with Crippen LogP contribution in [0.25, 0.3) is 0 Å². The normalized spacial score (nSPS) is 26.2. The third-order valence-electron chi connectivity index (χ3n) is 5.52. The molecule has 2 N–H and O–H groups in total. The Balaban J connectivity index is 1.62. The van der Waals surface area contributed by atoms with Crippen molar-refractivity contribution < 1.29 is 9.59 Å². The lowest BCUT2D eigenvalue weighted by molar-refractivity contribution is -0.140. The van der Waals surface area contributed by atoms with Gasteiger partial charge in [0, 0.05) is 37.4 Å². The fourth-order valence-corrected chi connectivity index (χ4v) is 3.97. The van der Waals surface area contributed by atoms with Gasteiger partial charge in [0.15, 0.2) is 0 Å². The molecule has 2 fully saturated rings. The summed E-state index contributed by atoms with van der Waals surface area (Å²) in [5.41, 5.74) is 6.48. The van der Waals surface area contributed by atoms with E-state index in [0.717, 1.165) is 51.0 Å². The molecule has 0 saturated carbocycles. The zero-order valence-electron chi connectivity index (χ0n) is 14.8. The van der Waals surface area contributed by atoms with Crippen molar-refractivity contribution in [3.8, 4) is 0 Å². The highest BCUT2D eigenvalue weighted by Crippen LogP contribution is 2.27. The largest absolute Gasteiger partial charge is 0.369 e. The van der Waals surface area contributed by atoms with Crippen LogP contribution in [0.5, 0.6) is 0 Å². The van der Waals surface area contributed by atoms with E-state index in [1.54, 1.807) is 12.5 Å². The van der Waals surface area contributed by atoms with Gasteiger partial charge < -0.3 is 10.6 Å². The Hall–Kier alpha value is -2.02. The lowest BCUT2D eigenvalue weighted by Gasteiger charge is -2.39. The second-order valence-electron chi connectivity index (χ2n) is 7.17. The van der Waals surface area contributed by atoms with Crippen molar-refractivity contribution in [2.24, 2.45) is 11.7 Å². The molecule has 7 nitrogen and oxygen atoms in total. The highest BCUT2D eigenvalue weighted by molar-refractivity contribution is 5.83. The van der Waals surface area contributed by atoms with E-state index < -0.39 is 0 Å². The monoisotopic (exact) mass is 345 g/mol. The molecule has 2 saturated heterocycles. The number of piperidine rings is 2. The molecule has 3 rings (SSSR count). The van der Waals surface area contributed by atoms with Gasteiger partial charge in [0.25, 0.3) is 0 Å². The zero-order chi connectivity index (χ0) is 17.8. The minimum absolute atomic E-state index is 0.106. The minimum atomic E-state index is -0.299. The van der Waals surface area contributed by atoms with Crippen molar-refractivity contribution in [1.29, 1.82) is 0 Å². The van der Waals surface area contributed by atoms with E-state index in [2.05, 4.69) is 14.9 Å². The summed E-state index contributed by atoms with van der Waals surface area (Å²) in [6.45, 7) is 4.90. The average molecular weight is 345 g/mol. The summed E-state index contributed by atoms with van der Waals surface area (Å²) in [5, 5.41) is 0. The highest BCUT2D eigenvalue weighted by atomic mass is 16.2. The summed E-state index contributed by atoms with van der Waals surface area (Å²) >= 11 is 0. The van der Waals surface area contributed by atoms with Crippen LogP contribution in [-0.2, 0) is 9.59 Å². The summed E-state index contributed by atoms with van der Waals surface area (Å²) in [4.78, 5) is 36.8. The number of nitrogens with zero attached hydrogens (tertiary/aromatic N) is 4. The Morgan fingerprint density at radius 3 is 2.76 bits per heavy atom. The van der Waals surface area contributed by atoms with Crippen molar-refractivity contribution >= 4 is 11.8 Å². The van der Waals surface area contributed by atoms with Gasteiger partial charge in [-0.2, -0.15) is 0 Å². The van der Waals surface area contributed by atoms with Gasteiger partial charge >= 0.3 is 0 Å². The van der Waals surface area contributed by atoms with Crippen LogP contribution in [0.2, 0.25) is 0 Å². The maximum Gasteiger partial charge on any atom is 0.239 e. The summed E-state index contributed by atoms with van der Waals surface area (Å²) in [6, 6.07) is 1.78. The summed E-state index contributed by atoms with van der Waals surface area (Å²) < 4.78 is 0. The smallest absolute Gasteiger partial charge is 0.239 e. The van der Waals surface area contributed by atoms with Crippen molar-refractivity contribution in [1.82, 2.24) is 19.8 Å². The molecule has 1 aromatic heterocycles. The van der Waals surface area contributed by atoms with Crippen LogP contribution in [0.4, 0.5) is 0 Å². The molecule has 0 spiro atoms. The van der Waals surface area contributed by atoms with Gasteiger partial charge in [-0.3, -0.25) is 14.5 Å². The van der Waals surface area contributed by atoms with E-state index in [1.165, 1.54) is 0 Å².